The van der Waals surface area contributed by atoms with Gasteiger partial charge in [0, 0.05) is 5.92 Å². The van der Waals surface area contributed by atoms with Crippen LogP contribution in [0.25, 0.3) is 0 Å². The minimum atomic E-state index is 0.294. The van der Waals surface area contributed by atoms with Crippen LogP contribution in [0, 0.1) is 20.8 Å². The molecule has 3 rings (SSSR count). The van der Waals surface area contributed by atoms with Crippen molar-refractivity contribution in [2.24, 2.45) is 0 Å². The molecule has 0 bridgehead atoms. The third-order valence-corrected chi connectivity index (χ3v) is 4.32. The van der Waals surface area contributed by atoms with E-state index in [4.69, 9.17) is 0 Å². The van der Waals surface area contributed by atoms with E-state index in [2.05, 4.69) is 93.6 Å². The Morgan fingerprint density at radius 1 is 0.545 bits per heavy atom. The topological polar surface area (TPSA) is 0 Å². The molecule has 0 saturated carbocycles. The second kappa shape index (κ2) is 6.19. The standard InChI is InChI=1S/C22H22/c1-16-8-12-19(13-9-16)22(20-14-10-17(2)11-15-20)21-7-5-4-6-18(21)3/h4-15,22H,1-3H3. The molecule has 3 aromatic rings. The molecule has 0 atom stereocenters. The van der Waals surface area contributed by atoms with Crippen LogP contribution in [0.15, 0.2) is 72.8 Å². The van der Waals surface area contributed by atoms with Crippen LogP contribution in [0.4, 0.5) is 0 Å². The third-order valence-electron chi connectivity index (χ3n) is 4.32. The molecule has 0 aliphatic carbocycles. The van der Waals surface area contributed by atoms with Gasteiger partial charge in [-0.1, -0.05) is 83.9 Å². The maximum absolute atomic E-state index is 2.26. The summed E-state index contributed by atoms with van der Waals surface area (Å²) in [6.45, 7) is 6.47. The molecule has 0 heterocycles. The lowest BCUT2D eigenvalue weighted by Crippen LogP contribution is -2.05. The van der Waals surface area contributed by atoms with Gasteiger partial charge in [-0.2, -0.15) is 0 Å². The lowest BCUT2D eigenvalue weighted by molar-refractivity contribution is 0.960. The van der Waals surface area contributed by atoms with Gasteiger partial charge in [-0.05, 0) is 43.0 Å². The fourth-order valence-corrected chi connectivity index (χ4v) is 2.98. The summed E-state index contributed by atoms with van der Waals surface area (Å²) in [5, 5.41) is 0. The molecule has 0 unspecified atom stereocenters. The first kappa shape index (κ1) is 14.6. The van der Waals surface area contributed by atoms with Crippen LogP contribution in [0.1, 0.15) is 39.3 Å². The maximum Gasteiger partial charge on any atom is 0.0342 e. The first-order chi connectivity index (χ1) is 10.6. The fourth-order valence-electron chi connectivity index (χ4n) is 2.98. The largest absolute Gasteiger partial charge is 0.0620 e. The highest BCUT2D eigenvalue weighted by atomic mass is 14.2. The summed E-state index contributed by atoms with van der Waals surface area (Å²) in [5.41, 5.74) is 8.03. The van der Waals surface area contributed by atoms with Gasteiger partial charge in [-0.3, -0.25) is 0 Å². The van der Waals surface area contributed by atoms with Gasteiger partial charge in [-0.25, -0.2) is 0 Å². The highest BCUT2D eigenvalue weighted by Crippen LogP contribution is 2.33. The molecule has 0 aliphatic rings. The predicted molar refractivity (Wildman–Crippen MR) is 94.5 cm³/mol. The number of benzene rings is 3. The van der Waals surface area contributed by atoms with Crippen LogP contribution in [0.5, 0.6) is 0 Å². The summed E-state index contributed by atoms with van der Waals surface area (Å²) in [6.07, 6.45) is 0. The minimum Gasteiger partial charge on any atom is -0.0620 e. The van der Waals surface area contributed by atoms with Gasteiger partial charge in [0.15, 0.2) is 0 Å². The van der Waals surface area contributed by atoms with E-state index < -0.39 is 0 Å². The molecule has 0 amide bonds. The summed E-state index contributed by atoms with van der Waals surface area (Å²) in [7, 11) is 0. The molecule has 22 heavy (non-hydrogen) atoms. The quantitative estimate of drug-likeness (QED) is 0.534. The van der Waals surface area contributed by atoms with Crippen molar-refractivity contribution in [3.05, 3.63) is 106 Å². The van der Waals surface area contributed by atoms with Crippen LogP contribution in [0.3, 0.4) is 0 Å². The van der Waals surface area contributed by atoms with Crippen LogP contribution in [-0.2, 0) is 0 Å². The van der Waals surface area contributed by atoms with Gasteiger partial charge in [0.25, 0.3) is 0 Å². The Labute approximate surface area is 133 Å². The molecule has 110 valence electrons. The normalized spacial score (nSPS) is 10.9. The van der Waals surface area contributed by atoms with Crippen molar-refractivity contribution in [3.63, 3.8) is 0 Å². The number of rotatable bonds is 3. The highest BCUT2D eigenvalue weighted by molar-refractivity contribution is 5.46. The molecule has 0 radical (unpaired) electrons. The molecular weight excluding hydrogens is 264 g/mol. The lowest BCUT2D eigenvalue weighted by Gasteiger charge is -2.21. The zero-order valence-corrected chi connectivity index (χ0v) is 13.5. The molecule has 0 saturated heterocycles. The van der Waals surface area contributed by atoms with Gasteiger partial charge < -0.3 is 0 Å². The van der Waals surface area contributed by atoms with Crippen LogP contribution < -0.4 is 0 Å². The van der Waals surface area contributed by atoms with Gasteiger partial charge in [0.05, 0.1) is 0 Å². The zero-order chi connectivity index (χ0) is 15.5. The van der Waals surface area contributed by atoms with Crippen molar-refractivity contribution in [3.8, 4) is 0 Å². The molecular formula is C22H22. The Morgan fingerprint density at radius 2 is 1.00 bits per heavy atom. The van der Waals surface area contributed by atoms with Crippen molar-refractivity contribution < 1.29 is 0 Å². The van der Waals surface area contributed by atoms with Crippen molar-refractivity contribution in [2.45, 2.75) is 26.7 Å². The molecule has 0 aliphatic heterocycles. The summed E-state index contributed by atoms with van der Waals surface area (Å²) in [6, 6.07) is 26.5. The van der Waals surface area contributed by atoms with E-state index in [1.165, 1.54) is 33.4 Å². The van der Waals surface area contributed by atoms with E-state index >= 15 is 0 Å². The molecule has 0 spiro atoms. The SMILES string of the molecule is Cc1ccc(C(c2ccc(C)cc2)c2ccccc2C)cc1. The van der Waals surface area contributed by atoms with E-state index in [0.717, 1.165) is 0 Å². The van der Waals surface area contributed by atoms with Crippen LogP contribution in [0.2, 0.25) is 0 Å². The van der Waals surface area contributed by atoms with E-state index in [9.17, 15) is 0 Å². The first-order valence-corrected chi connectivity index (χ1v) is 7.84. The molecule has 3 aromatic carbocycles. The Kier molecular flexibility index (Phi) is 4.11. The second-order valence-electron chi connectivity index (χ2n) is 6.11. The van der Waals surface area contributed by atoms with E-state index in [-0.39, 0.29) is 0 Å². The number of hydrogen-bond acceptors (Lipinski definition) is 0. The Bertz CT molecular complexity index is 703. The van der Waals surface area contributed by atoms with E-state index in [0.29, 0.717) is 5.92 Å². The summed E-state index contributed by atoms with van der Waals surface area (Å²) in [5.74, 6) is 0.294. The van der Waals surface area contributed by atoms with Crippen molar-refractivity contribution in [1.29, 1.82) is 0 Å². The zero-order valence-electron chi connectivity index (χ0n) is 13.5. The second-order valence-corrected chi connectivity index (χ2v) is 6.11. The third kappa shape index (κ3) is 2.96. The average Bonchev–Trinajstić information content (AvgIpc) is 2.53. The van der Waals surface area contributed by atoms with Gasteiger partial charge in [-0.15, -0.1) is 0 Å². The van der Waals surface area contributed by atoms with Gasteiger partial charge in [0.2, 0.25) is 0 Å². The molecule has 0 heteroatoms. The average molecular weight is 286 g/mol. The van der Waals surface area contributed by atoms with Gasteiger partial charge >= 0.3 is 0 Å². The Balaban J connectivity index is 2.16. The summed E-state index contributed by atoms with van der Waals surface area (Å²) >= 11 is 0. The van der Waals surface area contributed by atoms with Crippen LogP contribution >= 0.6 is 0 Å². The lowest BCUT2D eigenvalue weighted by atomic mass is 9.83. The predicted octanol–water partition coefficient (Wildman–Crippen LogP) is 5.79. The van der Waals surface area contributed by atoms with Crippen molar-refractivity contribution in [2.75, 3.05) is 0 Å². The molecule has 0 N–H and O–H groups in total. The number of aryl methyl sites for hydroxylation is 3. The van der Waals surface area contributed by atoms with Crippen molar-refractivity contribution in [1.82, 2.24) is 0 Å². The monoisotopic (exact) mass is 286 g/mol. The molecule has 0 fully saturated rings. The Hall–Kier alpha value is -2.34. The van der Waals surface area contributed by atoms with E-state index in [1.54, 1.807) is 0 Å². The summed E-state index contributed by atoms with van der Waals surface area (Å²) < 4.78 is 0. The minimum absolute atomic E-state index is 0.294. The first-order valence-electron chi connectivity index (χ1n) is 7.84. The number of hydrogen-bond donors (Lipinski definition) is 0. The van der Waals surface area contributed by atoms with E-state index in [1.807, 2.05) is 0 Å². The molecule has 0 aromatic heterocycles. The van der Waals surface area contributed by atoms with Crippen LogP contribution in [-0.4, -0.2) is 0 Å². The molecule has 0 nitrogen and oxygen atoms in total. The van der Waals surface area contributed by atoms with Gasteiger partial charge in [0.1, 0.15) is 0 Å². The maximum atomic E-state index is 2.26. The summed E-state index contributed by atoms with van der Waals surface area (Å²) in [4.78, 5) is 0. The Morgan fingerprint density at radius 3 is 1.45 bits per heavy atom. The highest BCUT2D eigenvalue weighted by Gasteiger charge is 2.18. The smallest absolute Gasteiger partial charge is 0.0342 e. The fraction of sp³-hybridized carbons (Fsp3) is 0.182. The van der Waals surface area contributed by atoms with Crippen molar-refractivity contribution >= 4 is 0 Å².